The van der Waals surface area contributed by atoms with Crippen molar-refractivity contribution in [3.05, 3.63) is 64.7 Å². The Hall–Kier alpha value is -3.48. The molecule has 0 aromatic heterocycles. The van der Waals surface area contributed by atoms with Crippen LogP contribution in [0.25, 0.3) is 0 Å². The summed E-state index contributed by atoms with van der Waals surface area (Å²) in [5.41, 5.74) is 1.08. The highest BCUT2D eigenvalue weighted by atomic mass is 16.7. The van der Waals surface area contributed by atoms with Crippen molar-refractivity contribution >= 4 is 29.4 Å². The first-order valence-electron chi connectivity index (χ1n) is 7.97. The van der Waals surface area contributed by atoms with Crippen molar-refractivity contribution in [2.45, 2.75) is 19.3 Å². The third kappa shape index (κ3) is 2.13. The standard InChI is InChI=1S/C19H14N2O5/c1-19(2)13-8-7-10(9-14(13)20-18(19)25)17(24)26-21-15(22)11-5-3-4-6-12(11)16(21)23/h3-9H,1-2H3,(H,20,25). The van der Waals surface area contributed by atoms with Crippen molar-refractivity contribution < 1.29 is 24.0 Å². The molecule has 0 saturated heterocycles. The van der Waals surface area contributed by atoms with E-state index in [9.17, 15) is 19.2 Å². The molecule has 2 aromatic carbocycles. The lowest BCUT2D eigenvalue weighted by Gasteiger charge is -2.15. The number of hydrogen-bond donors (Lipinski definition) is 1. The van der Waals surface area contributed by atoms with Crippen LogP contribution >= 0.6 is 0 Å². The maximum atomic E-state index is 12.4. The van der Waals surface area contributed by atoms with Crippen LogP contribution in [0.15, 0.2) is 42.5 Å². The van der Waals surface area contributed by atoms with Gasteiger partial charge in [-0.05, 0) is 43.7 Å². The quantitative estimate of drug-likeness (QED) is 0.839. The molecule has 0 unspecified atom stereocenters. The van der Waals surface area contributed by atoms with Gasteiger partial charge in [-0.25, -0.2) is 4.79 Å². The predicted molar refractivity (Wildman–Crippen MR) is 90.5 cm³/mol. The van der Waals surface area contributed by atoms with E-state index in [1.807, 2.05) is 0 Å². The van der Waals surface area contributed by atoms with E-state index >= 15 is 0 Å². The summed E-state index contributed by atoms with van der Waals surface area (Å²) >= 11 is 0. The van der Waals surface area contributed by atoms with Crippen LogP contribution in [0, 0.1) is 0 Å². The lowest BCUT2D eigenvalue weighted by atomic mass is 9.86. The van der Waals surface area contributed by atoms with Crippen LogP contribution in [0.1, 0.15) is 50.5 Å². The first-order valence-corrected chi connectivity index (χ1v) is 7.97. The number of nitrogens with one attached hydrogen (secondary N) is 1. The molecule has 0 atom stereocenters. The van der Waals surface area contributed by atoms with Crippen molar-refractivity contribution in [3.8, 4) is 0 Å². The molecule has 0 radical (unpaired) electrons. The van der Waals surface area contributed by atoms with E-state index in [0.717, 1.165) is 5.56 Å². The molecule has 2 aliphatic rings. The zero-order valence-electron chi connectivity index (χ0n) is 14.0. The molecule has 2 aromatic rings. The van der Waals surface area contributed by atoms with E-state index in [2.05, 4.69) is 5.32 Å². The summed E-state index contributed by atoms with van der Waals surface area (Å²) in [7, 11) is 0. The van der Waals surface area contributed by atoms with Gasteiger partial charge in [0, 0.05) is 5.69 Å². The zero-order valence-corrected chi connectivity index (χ0v) is 14.0. The molecule has 0 aliphatic carbocycles. The summed E-state index contributed by atoms with van der Waals surface area (Å²) in [5.74, 6) is -2.40. The highest BCUT2D eigenvalue weighted by Crippen LogP contribution is 2.37. The monoisotopic (exact) mass is 350 g/mol. The van der Waals surface area contributed by atoms with E-state index in [-0.39, 0.29) is 22.6 Å². The largest absolute Gasteiger partial charge is 0.364 e. The third-order valence-corrected chi connectivity index (χ3v) is 4.68. The smallest absolute Gasteiger partial charge is 0.325 e. The molecule has 7 heteroatoms. The Morgan fingerprint density at radius 2 is 1.62 bits per heavy atom. The van der Waals surface area contributed by atoms with Gasteiger partial charge < -0.3 is 10.2 Å². The SMILES string of the molecule is CC1(C)C(=O)Nc2cc(C(=O)ON3C(=O)c4ccccc4C3=O)ccc21. The Morgan fingerprint density at radius 3 is 2.23 bits per heavy atom. The number of hydrogen-bond acceptors (Lipinski definition) is 5. The second-order valence-electron chi connectivity index (χ2n) is 6.67. The first kappa shape index (κ1) is 16.0. The minimum Gasteiger partial charge on any atom is -0.325 e. The lowest BCUT2D eigenvalue weighted by molar-refractivity contribution is -0.119. The second kappa shape index (κ2) is 5.26. The number of carbonyl (C=O) groups is 4. The Bertz CT molecular complexity index is 974. The summed E-state index contributed by atoms with van der Waals surface area (Å²) in [5, 5.41) is 3.18. The van der Waals surface area contributed by atoms with Crippen LogP contribution in [-0.2, 0) is 15.0 Å². The van der Waals surface area contributed by atoms with Gasteiger partial charge in [-0.1, -0.05) is 23.3 Å². The van der Waals surface area contributed by atoms with Gasteiger partial charge in [0.2, 0.25) is 5.91 Å². The van der Waals surface area contributed by atoms with E-state index in [1.165, 1.54) is 24.3 Å². The van der Waals surface area contributed by atoms with Crippen molar-refractivity contribution in [2.75, 3.05) is 5.32 Å². The van der Waals surface area contributed by atoms with Gasteiger partial charge in [-0.3, -0.25) is 14.4 Å². The number of benzene rings is 2. The van der Waals surface area contributed by atoms with Crippen LogP contribution < -0.4 is 5.32 Å². The van der Waals surface area contributed by atoms with Crippen molar-refractivity contribution in [3.63, 3.8) is 0 Å². The molecule has 2 heterocycles. The molecule has 26 heavy (non-hydrogen) atoms. The Labute approximate surface area is 148 Å². The maximum Gasteiger partial charge on any atom is 0.364 e. The van der Waals surface area contributed by atoms with Crippen LogP contribution in [0.4, 0.5) is 5.69 Å². The molecule has 0 fully saturated rings. The fourth-order valence-corrected chi connectivity index (χ4v) is 3.11. The van der Waals surface area contributed by atoms with Crippen LogP contribution in [0.2, 0.25) is 0 Å². The molecular weight excluding hydrogens is 336 g/mol. The van der Waals surface area contributed by atoms with Gasteiger partial charge in [0.1, 0.15) is 0 Å². The average Bonchev–Trinajstić information content (AvgIpc) is 3.00. The topological polar surface area (TPSA) is 92.8 Å². The van der Waals surface area contributed by atoms with Gasteiger partial charge in [0.15, 0.2) is 0 Å². The normalized spacial score (nSPS) is 17.0. The minimum absolute atomic E-state index is 0.123. The zero-order chi connectivity index (χ0) is 18.6. The van der Waals surface area contributed by atoms with E-state index < -0.39 is 23.2 Å². The number of fused-ring (bicyclic) bond motifs is 2. The molecule has 1 N–H and O–H groups in total. The number of rotatable bonds is 2. The fourth-order valence-electron chi connectivity index (χ4n) is 3.11. The molecule has 4 rings (SSSR count). The number of hydroxylamine groups is 2. The molecule has 0 saturated carbocycles. The number of amides is 3. The summed E-state index contributed by atoms with van der Waals surface area (Å²) in [6.45, 7) is 3.57. The van der Waals surface area contributed by atoms with Gasteiger partial charge >= 0.3 is 5.97 Å². The molecule has 130 valence electrons. The Balaban J connectivity index is 1.59. The summed E-state index contributed by atoms with van der Waals surface area (Å²) in [4.78, 5) is 54.0. The summed E-state index contributed by atoms with van der Waals surface area (Å²) in [6.07, 6.45) is 0. The molecular formula is C19H14N2O5. The van der Waals surface area contributed by atoms with Crippen molar-refractivity contribution in [1.29, 1.82) is 0 Å². The Morgan fingerprint density at radius 1 is 1.00 bits per heavy atom. The van der Waals surface area contributed by atoms with E-state index in [4.69, 9.17) is 4.84 Å². The van der Waals surface area contributed by atoms with Crippen molar-refractivity contribution in [1.82, 2.24) is 5.06 Å². The molecule has 7 nitrogen and oxygen atoms in total. The third-order valence-electron chi connectivity index (χ3n) is 4.68. The lowest BCUT2D eigenvalue weighted by Crippen LogP contribution is -2.32. The molecule has 2 aliphatic heterocycles. The highest BCUT2D eigenvalue weighted by molar-refractivity contribution is 6.21. The van der Waals surface area contributed by atoms with Gasteiger partial charge in [0.25, 0.3) is 11.8 Å². The fraction of sp³-hybridized carbons (Fsp3) is 0.158. The molecule has 3 amide bonds. The first-order chi connectivity index (χ1) is 12.3. The molecule has 0 bridgehead atoms. The van der Waals surface area contributed by atoms with Crippen LogP contribution in [0.5, 0.6) is 0 Å². The van der Waals surface area contributed by atoms with Crippen molar-refractivity contribution in [2.24, 2.45) is 0 Å². The second-order valence-corrected chi connectivity index (χ2v) is 6.67. The minimum atomic E-state index is -0.860. The summed E-state index contributed by atoms with van der Waals surface area (Å²) in [6, 6.07) is 10.9. The van der Waals surface area contributed by atoms with Crippen LogP contribution in [0.3, 0.4) is 0 Å². The average molecular weight is 350 g/mol. The van der Waals surface area contributed by atoms with E-state index in [0.29, 0.717) is 10.8 Å². The number of imide groups is 1. The summed E-state index contributed by atoms with van der Waals surface area (Å²) < 4.78 is 0. The Kier molecular flexibility index (Phi) is 3.24. The van der Waals surface area contributed by atoms with Gasteiger partial charge in [0.05, 0.1) is 22.1 Å². The maximum absolute atomic E-state index is 12.4. The predicted octanol–water partition coefficient (Wildman–Crippen LogP) is 2.28. The highest BCUT2D eigenvalue weighted by Gasteiger charge is 2.40. The number of anilines is 1. The van der Waals surface area contributed by atoms with Crippen LogP contribution in [-0.4, -0.2) is 28.8 Å². The van der Waals surface area contributed by atoms with Gasteiger partial charge in [-0.15, -0.1) is 0 Å². The van der Waals surface area contributed by atoms with Gasteiger partial charge in [-0.2, -0.15) is 0 Å². The number of carbonyl (C=O) groups excluding carboxylic acids is 4. The van der Waals surface area contributed by atoms with E-state index in [1.54, 1.807) is 32.0 Å². The molecule has 0 spiro atoms. The number of nitrogens with zero attached hydrogens (tertiary/aromatic N) is 1.